The fourth-order valence-electron chi connectivity index (χ4n) is 2.02. The molecule has 3 nitrogen and oxygen atoms in total. The minimum Gasteiger partial charge on any atom is -0.435 e. The topological polar surface area (TPSA) is 46.3 Å². The van der Waals surface area contributed by atoms with Gasteiger partial charge in [0.15, 0.2) is 5.58 Å². The molecule has 0 saturated carbocycles. The van der Waals surface area contributed by atoms with Gasteiger partial charge in [-0.1, -0.05) is 47.2 Å². The van der Waals surface area contributed by atoms with Crippen LogP contribution >= 0.6 is 23.2 Å². The number of aromatic nitrogens is 1. The predicted molar refractivity (Wildman–Crippen MR) is 88.0 cm³/mol. The van der Waals surface area contributed by atoms with Gasteiger partial charge >= 0.3 is 0 Å². The molecule has 0 fully saturated rings. The summed E-state index contributed by atoms with van der Waals surface area (Å²) in [6, 6.07) is 10.7. The number of benzene rings is 2. The standard InChI is InChI=1S/C17H11Cl2NO2/c1-10(21)6-7-11-8-12(18)9-15-16(11)22-17(20-15)13-4-2-3-5-14(13)19/h2-5,8-10,21H,1H3/t10-/m0/s1. The van der Waals surface area contributed by atoms with Crippen LogP contribution in [0.25, 0.3) is 22.6 Å². The zero-order chi connectivity index (χ0) is 15.7. The number of fused-ring (bicyclic) bond motifs is 1. The van der Waals surface area contributed by atoms with E-state index >= 15 is 0 Å². The Hall–Kier alpha value is -1.99. The molecule has 5 heteroatoms. The quantitative estimate of drug-likeness (QED) is 0.666. The molecule has 1 aromatic heterocycles. The Kier molecular flexibility index (Phi) is 4.08. The molecule has 1 N–H and O–H groups in total. The third kappa shape index (κ3) is 2.95. The molecule has 0 aliphatic rings. The first-order valence-electron chi connectivity index (χ1n) is 6.59. The van der Waals surface area contributed by atoms with Gasteiger partial charge in [-0.25, -0.2) is 4.98 Å². The highest BCUT2D eigenvalue weighted by molar-refractivity contribution is 6.33. The van der Waals surface area contributed by atoms with Gasteiger partial charge in [0.25, 0.3) is 0 Å². The molecule has 0 aliphatic carbocycles. The predicted octanol–water partition coefficient (Wildman–Crippen LogP) is 4.53. The summed E-state index contributed by atoms with van der Waals surface area (Å²) >= 11 is 12.3. The van der Waals surface area contributed by atoms with E-state index in [1.807, 2.05) is 18.2 Å². The van der Waals surface area contributed by atoms with E-state index < -0.39 is 6.10 Å². The van der Waals surface area contributed by atoms with Gasteiger partial charge in [-0.05, 0) is 31.2 Å². The molecule has 0 bridgehead atoms. The van der Waals surface area contributed by atoms with Crippen LogP contribution in [0.4, 0.5) is 0 Å². The third-order valence-electron chi connectivity index (χ3n) is 2.97. The third-order valence-corrected chi connectivity index (χ3v) is 3.52. The highest BCUT2D eigenvalue weighted by atomic mass is 35.5. The molecule has 3 aromatic rings. The number of halogens is 2. The normalized spacial score (nSPS) is 12.0. The monoisotopic (exact) mass is 331 g/mol. The second-order valence-corrected chi connectivity index (χ2v) is 5.59. The summed E-state index contributed by atoms with van der Waals surface area (Å²) < 4.78 is 5.82. The Labute approximate surface area is 137 Å². The van der Waals surface area contributed by atoms with Gasteiger partial charge in [-0.2, -0.15) is 0 Å². The second kappa shape index (κ2) is 6.02. The molecule has 2 aromatic carbocycles. The Balaban J connectivity index is 2.20. The summed E-state index contributed by atoms with van der Waals surface area (Å²) in [5.41, 5.74) is 2.39. The first kappa shape index (κ1) is 14.9. The molecular formula is C17H11Cl2NO2. The van der Waals surface area contributed by atoms with Gasteiger partial charge in [0.05, 0.1) is 16.1 Å². The zero-order valence-corrected chi connectivity index (χ0v) is 13.1. The molecule has 1 heterocycles. The maximum absolute atomic E-state index is 9.30. The lowest BCUT2D eigenvalue weighted by atomic mass is 10.2. The van der Waals surface area contributed by atoms with Crippen molar-refractivity contribution in [2.45, 2.75) is 13.0 Å². The van der Waals surface area contributed by atoms with Gasteiger partial charge in [-0.3, -0.25) is 0 Å². The summed E-state index contributed by atoms with van der Waals surface area (Å²) in [6.07, 6.45) is -0.736. The van der Waals surface area contributed by atoms with Crippen molar-refractivity contribution in [3.8, 4) is 23.3 Å². The molecule has 0 radical (unpaired) electrons. The van der Waals surface area contributed by atoms with Crippen LogP contribution in [0.1, 0.15) is 12.5 Å². The lowest BCUT2D eigenvalue weighted by Crippen LogP contribution is -1.92. The molecular weight excluding hydrogens is 321 g/mol. The van der Waals surface area contributed by atoms with Crippen molar-refractivity contribution in [2.24, 2.45) is 0 Å². The second-order valence-electron chi connectivity index (χ2n) is 4.75. The molecule has 0 saturated heterocycles. The van der Waals surface area contributed by atoms with Gasteiger partial charge in [-0.15, -0.1) is 0 Å². The molecule has 0 aliphatic heterocycles. The Morgan fingerprint density at radius 1 is 1.23 bits per heavy atom. The smallest absolute Gasteiger partial charge is 0.228 e. The van der Waals surface area contributed by atoms with Gasteiger partial charge in [0.1, 0.15) is 11.6 Å². The van der Waals surface area contributed by atoms with Crippen molar-refractivity contribution in [3.63, 3.8) is 0 Å². The largest absolute Gasteiger partial charge is 0.435 e. The van der Waals surface area contributed by atoms with E-state index in [0.717, 1.165) is 0 Å². The summed E-state index contributed by atoms with van der Waals surface area (Å²) in [7, 11) is 0. The van der Waals surface area contributed by atoms with E-state index in [1.54, 1.807) is 25.1 Å². The Bertz CT molecular complexity index is 904. The minimum absolute atomic E-state index is 0.406. The van der Waals surface area contributed by atoms with Crippen molar-refractivity contribution >= 4 is 34.3 Å². The first-order chi connectivity index (χ1) is 10.5. The number of aliphatic hydroxyl groups is 1. The number of aliphatic hydroxyl groups excluding tert-OH is 1. The fourth-order valence-corrected chi connectivity index (χ4v) is 2.45. The molecule has 0 amide bonds. The van der Waals surface area contributed by atoms with E-state index in [1.165, 1.54) is 0 Å². The summed E-state index contributed by atoms with van der Waals surface area (Å²) in [6.45, 7) is 1.59. The van der Waals surface area contributed by atoms with Crippen LogP contribution in [-0.2, 0) is 0 Å². The first-order valence-corrected chi connectivity index (χ1v) is 7.35. The maximum atomic E-state index is 9.30. The van der Waals surface area contributed by atoms with E-state index in [9.17, 15) is 5.11 Å². The average molecular weight is 332 g/mol. The van der Waals surface area contributed by atoms with Gasteiger partial charge in [0.2, 0.25) is 5.89 Å². The molecule has 22 heavy (non-hydrogen) atoms. The van der Waals surface area contributed by atoms with Crippen molar-refractivity contribution < 1.29 is 9.52 Å². The molecule has 3 rings (SSSR count). The zero-order valence-electron chi connectivity index (χ0n) is 11.6. The molecule has 0 unspecified atom stereocenters. The van der Waals surface area contributed by atoms with Gasteiger partial charge in [0, 0.05) is 5.02 Å². The SMILES string of the molecule is C[C@H](O)C#Cc1cc(Cl)cc2nc(-c3ccccc3Cl)oc12. The maximum Gasteiger partial charge on any atom is 0.228 e. The molecule has 0 spiro atoms. The van der Waals surface area contributed by atoms with Crippen LogP contribution in [-0.4, -0.2) is 16.2 Å². The summed E-state index contributed by atoms with van der Waals surface area (Å²) in [5.74, 6) is 5.94. The van der Waals surface area contributed by atoms with Crippen LogP contribution in [0.2, 0.25) is 10.0 Å². The summed E-state index contributed by atoms with van der Waals surface area (Å²) in [5, 5.41) is 10.4. The number of hydrogen-bond acceptors (Lipinski definition) is 3. The average Bonchev–Trinajstić information content (AvgIpc) is 2.88. The van der Waals surface area contributed by atoms with E-state index in [2.05, 4.69) is 16.8 Å². The number of hydrogen-bond donors (Lipinski definition) is 1. The van der Waals surface area contributed by atoms with E-state index in [-0.39, 0.29) is 0 Å². The van der Waals surface area contributed by atoms with Crippen molar-refractivity contribution in [2.75, 3.05) is 0 Å². The lowest BCUT2D eigenvalue weighted by Gasteiger charge is -1.97. The van der Waals surface area contributed by atoms with E-state index in [4.69, 9.17) is 27.6 Å². The number of nitrogens with zero attached hydrogens (tertiary/aromatic N) is 1. The molecule has 110 valence electrons. The van der Waals surface area contributed by atoms with Gasteiger partial charge < -0.3 is 9.52 Å². The minimum atomic E-state index is -0.736. The lowest BCUT2D eigenvalue weighted by molar-refractivity contribution is 0.253. The highest BCUT2D eigenvalue weighted by Crippen LogP contribution is 2.32. The molecule has 1 atom stereocenters. The van der Waals surface area contributed by atoms with E-state index in [0.29, 0.717) is 38.2 Å². The number of oxazole rings is 1. The highest BCUT2D eigenvalue weighted by Gasteiger charge is 2.14. The van der Waals surface area contributed by atoms with Crippen LogP contribution in [0.5, 0.6) is 0 Å². The Morgan fingerprint density at radius 3 is 2.73 bits per heavy atom. The van der Waals surface area contributed by atoms with Crippen LogP contribution in [0, 0.1) is 11.8 Å². The van der Waals surface area contributed by atoms with Crippen LogP contribution in [0.3, 0.4) is 0 Å². The summed E-state index contributed by atoms with van der Waals surface area (Å²) in [4.78, 5) is 4.43. The van der Waals surface area contributed by atoms with Crippen molar-refractivity contribution in [3.05, 3.63) is 52.0 Å². The van der Waals surface area contributed by atoms with Crippen molar-refractivity contribution in [1.29, 1.82) is 0 Å². The number of rotatable bonds is 1. The van der Waals surface area contributed by atoms with Crippen molar-refractivity contribution in [1.82, 2.24) is 4.98 Å². The fraction of sp³-hybridized carbons (Fsp3) is 0.118. The van der Waals surface area contributed by atoms with Crippen LogP contribution in [0.15, 0.2) is 40.8 Å². The van der Waals surface area contributed by atoms with Crippen LogP contribution < -0.4 is 0 Å². The Morgan fingerprint density at radius 2 is 2.00 bits per heavy atom.